The first-order valence-electron chi connectivity index (χ1n) is 7.50. The summed E-state index contributed by atoms with van der Waals surface area (Å²) < 4.78 is 1.82. The largest absolute Gasteiger partial charge is 0.323 e. The van der Waals surface area contributed by atoms with Gasteiger partial charge in [-0.2, -0.15) is 0 Å². The van der Waals surface area contributed by atoms with Crippen LogP contribution in [0.25, 0.3) is 0 Å². The molecule has 1 amide bonds. The first-order valence-corrected chi connectivity index (χ1v) is 9.09. The fraction of sp³-hybridized carbons (Fsp3) is 0.562. The van der Waals surface area contributed by atoms with E-state index in [0.29, 0.717) is 12.6 Å². The third-order valence-electron chi connectivity index (χ3n) is 4.02. The van der Waals surface area contributed by atoms with E-state index in [1.807, 2.05) is 19.1 Å². The smallest absolute Gasteiger partial charge is 0.238 e. The lowest BCUT2D eigenvalue weighted by Crippen LogP contribution is -2.43. The highest BCUT2D eigenvalue weighted by atomic mass is 79.9. The Morgan fingerprint density at radius 3 is 2.62 bits per heavy atom. The minimum atomic E-state index is 0.0561. The Balaban J connectivity index is 2.01. The lowest BCUT2D eigenvalue weighted by Gasteiger charge is -2.34. The minimum absolute atomic E-state index is 0.0561. The summed E-state index contributed by atoms with van der Waals surface area (Å²) in [5, 5.41) is 3.02. The summed E-state index contributed by atoms with van der Waals surface area (Å²) in [6, 6.07) is 4.57. The molecule has 0 bridgehead atoms. The van der Waals surface area contributed by atoms with Crippen LogP contribution in [0.3, 0.4) is 0 Å². The Labute approximate surface area is 143 Å². The number of nitrogens with one attached hydrogen (secondary N) is 1. The van der Waals surface area contributed by atoms with Crippen LogP contribution in [0.4, 0.5) is 5.69 Å². The van der Waals surface area contributed by atoms with Crippen LogP contribution in [0.1, 0.15) is 38.2 Å². The lowest BCUT2D eigenvalue weighted by atomic mass is 10.00. The number of carbonyl (C=O) groups is 1. The molecule has 3 nitrogen and oxygen atoms in total. The quantitative estimate of drug-likeness (QED) is 0.768. The van der Waals surface area contributed by atoms with Gasteiger partial charge in [-0.3, -0.25) is 9.69 Å². The highest BCUT2D eigenvalue weighted by molar-refractivity contribution is 9.11. The van der Waals surface area contributed by atoms with Crippen LogP contribution in [-0.2, 0) is 4.79 Å². The number of rotatable bonds is 4. The Hall–Kier alpha value is -0.390. The number of hydrogen-bond acceptors (Lipinski definition) is 2. The number of amides is 1. The predicted octanol–water partition coefficient (Wildman–Crippen LogP) is 4.72. The van der Waals surface area contributed by atoms with Crippen molar-refractivity contribution < 1.29 is 4.79 Å². The van der Waals surface area contributed by atoms with Crippen molar-refractivity contribution in [1.82, 2.24) is 4.90 Å². The van der Waals surface area contributed by atoms with E-state index in [1.54, 1.807) is 0 Å². The van der Waals surface area contributed by atoms with Crippen molar-refractivity contribution in [3.63, 3.8) is 0 Å². The molecular weight excluding hydrogens is 396 g/mol. The summed E-state index contributed by atoms with van der Waals surface area (Å²) in [5.74, 6) is 0.0561. The van der Waals surface area contributed by atoms with E-state index in [2.05, 4.69) is 49.0 Å². The van der Waals surface area contributed by atoms with Crippen LogP contribution in [0.5, 0.6) is 0 Å². The van der Waals surface area contributed by atoms with Gasteiger partial charge in [-0.1, -0.05) is 13.3 Å². The SMILES string of the molecule is CCC1CCCCN1CC(=O)Nc1c(Br)cc(C)cc1Br. The molecule has 0 spiro atoms. The molecule has 5 heteroatoms. The van der Waals surface area contributed by atoms with Gasteiger partial charge in [-0.15, -0.1) is 0 Å². The molecule has 0 saturated carbocycles. The normalized spacial score (nSPS) is 19.5. The molecule has 0 radical (unpaired) electrons. The number of nitrogens with zero attached hydrogens (tertiary/aromatic N) is 1. The van der Waals surface area contributed by atoms with E-state index < -0.39 is 0 Å². The van der Waals surface area contributed by atoms with Crippen LogP contribution in [-0.4, -0.2) is 29.9 Å². The zero-order valence-electron chi connectivity index (χ0n) is 12.6. The standard InChI is InChI=1S/C16H22Br2N2O/c1-3-12-6-4-5-7-20(12)10-15(21)19-16-13(17)8-11(2)9-14(16)18/h8-9,12H,3-7,10H2,1-2H3,(H,19,21). The number of likely N-dealkylation sites (tertiary alicyclic amines) is 1. The Bertz CT molecular complexity index is 496. The van der Waals surface area contributed by atoms with Crippen LogP contribution < -0.4 is 5.32 Å². The topological polar surface area (TPSA) is 32.3 Å². The van der Waals surface area contributed by atoms with Gasteiger partial charge in [0.2, 0.25) is 5.91 Å². The van der Waals surface area contributed by atoms with Crippen molar-refractivity contribution in [2.24, 2.45) is 0 Å². The van der Waals surface area contributed by atoms with Gasteiger partial charge in [-0.25, -0.2) is 0 Å². The number of anilines is 1. The number of benzene rings is 1. The maximum absolute atomic E-state index is 12.3. The molecule has 1 fully saturated rings. The van der Waals surface area contributed by atoms with Gasteiger partial charge in [0.15, 0.2) is 0 Å². The molecule has 21 heavy (non-hydrogen) atoms. The zero-order chi connectivity index (χ0) is 15.4. The van der Waals surface area contributed by atoms with Gasteiger partial charge in [0.1, 0.15) is 0 Å². The summed E-state index contributed by atoms with van der Waals surface area (Å²) in [7, 11) is 0. The summed E-state index contributed by atoms with van der Waals surface area (Å²) in [4.78, 5) is 14.7. The molecule has 1 aromatic rings. The second-order valence-corrected chi connectivity index (χ2v) is 7.39. The van der Waals surface area contributed by atoms with Crippen molar-refractivity contribution in [3.05, 3.63) is 26.6 Å². The molecule has 0 aromatic heterocycles. The molecular formula is C16H22Br2N2O. The van der Waals surface area contributed by atoms with E-state index in [1.165, 1.54) is 19.3 Å². The monoisotopic (exact) mass is 416 g/mol. The van der Waals surface area contributed by atoms with E-state index in [9.17, 15) is 4.79 Å². The van der Waals surface area contributed by atoms with Gasteiger partial charge in [0, 0.05) is 15.0 Å². The van der Waals surface area contributed by atoms with Crippen LogP contribution >= 0.6 is 31.9 Å². The van der Waals surface area contributed by atoms with Crippen molar-refractivity contribution in [2.75, 3.05) is 18.4 Å². The van der Waals surface area contributed by atoms with Crippen molar-refractivity contribution in [1.29, 1.82) is 0 Å². The highest BCUT2D eigenvalue weighted by Gasteiger charge is 2.23. The maximum atomic E-state index is 12.3. The molecule has 1 aliphatic rings. The average molecular weight is 418 g/mol. The third kappa shape index (κ3) is 4.54. The molecule has 1 N–H and O–H groups in total. The molecule has 0 aliphatic carbocycles. The van der Waals surface area contributed by atoms with E-state index in [-0.39, 0.29) is 5.91 Å². The molecule has 1 atom stereocenters. The first-order chi connectivity index (χ1) is 10.0. The van der Waals surface area contributed by atoms with Crippen molar-refractivity contribution >= 4 is 43.5 Å². The summed E-state index contributed by atoms with van der Waals surface area (Å²) >= 11 is 7.04. The third-order valence-corrected chi connectivity index (χ3v) is 5.27. The van der Waals surface area contributed by atoms with Gasteiger partial charge in [0.05, 0.1) is 12.2 Å². The second-order valence-electron chi connectivity index (χ2n) is 5.68. The van der Waals surface area contributed by atoms with Gasteiger partial charge < -0.3 is 5.32 Å². The first kappa shape index (κ1) is 17.0. The molecule has 2 rings (SSSR count). The number of hydrogen-bond donors (Lipinski definition) is 1. The Kier molecular flexibility index (Phi) is 6.26. The summed E-state index contributed by atoms with van der Waals surface area (Å²) in [6.45, 7) is 5.74. The molecule has 1 aromatic carbocycles. The van der Waals surface area contributed by atoms with Crippen LogP contribution in [0.2, 0.25) is 0 Å². The highest BCUT2D eigenvalue weighted by Crippen LogP contribution is 2.32. The van der Waals surface area contributed by atoms with E-state index >= 15 is 0 Å². The maximum Gasteiger partial charge on any atom is 0.238 e. The van der Waals surface area contributed by atoms with Gasteiger partial charge >= 0.3 is 0 Å². The fourth-order valence-electron chi connectivity index (χ4n) is 2.91. The van der Waals surface area contributed by atoms with Crippen LogP contribution in [0.15, 0.2) is 21.1 Å². The van der Waals surface area contributed by atoms with Gasteiger partial charge in [0.25, 0.3) is 0 Å². The Morgan fingerprint density at radius 2 is 2.00 bits per heavy atom. The summed E-state index contributed by atoms with van der Waals surface area (Å²) in [6.07, 6.45) is 4.81. The lowest BCUT2D eigenvalue weighted by molar-refractivity contribution is -0.118. The number of aryl methyl sites for hydroxylation is 1. The minimum Gasteiger partial charge on any atom is -0.323 e. The van der Waals surface area contributed by atoms with E-state index in [0.717, 1.165) is 33.2 Å². The molecule has 1 heterocycles. The average Bonchev–Trinajstić information content (AvgIpc) is 2.43. The zero-order valence-corrected chi connectivity index (χ0v) is 15.8. The van der Waals surface area contributed by atoms with Crippen molar-refractivity contribution in [2.45, 2.75) is 45.6 Å². The predicted molar refractivity (Wildman–Crippen MR) is 94.7 cm³/mol. The Morgan fingerprint density at radius 1 is 1.33 bits per heavy atom. The molecule has 116 valence electrons. The second kappa shape index (κ2) is 7.75. The van der Waals surface area contributed by atoms with Crippen molar-refractivity contribution in [3.8, 4) is 0 Å². The fourth-order valence-corrected chi connectivity index (χ4v) is 4.53. The van der Waals surface area contributed by atoms with E-state index in [4.69, 9.17) is 0 Å². The van der Waals surface area contributed by atoms with Gasteiger partial charge in [-0.05, 0) is 82.3 Å². The number of carbonyl (C=O) groups excluding carboxylic acids is 1. The number of halogens is 2. The number of piperidine rings is 1. The molecule has 1 saturated heterocycles. The molecule has 1 aliphatic heterocycles. The summed E-state index contributed by atoms with van der Waals surface area (Å²) in [5.41, 5.74) is 1.96. The molecule has 1 unspecified atom stereocenters. The van der Waals surface area contributed by atoms with Crippen LogP contribution in [0, 0.1) is 6.92 Å².